The second-order valence-corrected chi connectivity index (χ2v) is 11.3. The summed E-state index contributed by atoms with van der Waals surface area (Å²) in [6.07, 6.45) is -1.50. The quantitative estimate of drug-likeness (QED) is 0.392. The first-order valence-electron chi connectivity index (χ1n) is 11.9. The number of nitrogens with two attached hydrogens (primary N) is 1. The lowest BCUT2D eigenvalue weighted by Crippen LogP contribution is -2.42. The maximum Gasteiger partial charge on any atom is 0.490 e. The normalized spacial score (nSPS) is 19.6. The Hall–Kier alpha value is -3.16. The van der Waals surface area contributed by atoms with E-state index >= 15 is 0 Å². The minimum atomic E-state index is -5.08. The van der Waals surface area contributed by atoms with Crippen molar-refractivity contribution in [1.82, 2.24) is 10.2 Å². The number of anilines is 1. The molecule has 2 aromatic carbocycles. The molecule has 0 bridgehead atoms. The standard InChI is InChI=1S/C23H30N4O3S.C2HF3O2/c1-31(29,30)26-20-9-5-8-18(14-20)23(11-12-23)22(28)25-21(17-6-3-2-4-7-17)16-27-13-10-19(24)15-27;3-2(4,5)1(6)7/h2-9,14,19,21,26H,10-13,15-16,24H2,1H3,(H,25,28);(H,6,7)/t19-,21+;/m0./s1. The number of aliphatic carboxylic acids is 1. The zero-order chi connectivity index (χ0) is 28.1. The number of nitrogens with zero attached hydrogens (tertiary/aromatic N) is 1. The van der Waals surface area contributed by atoms with Gasteiger partial charge >= 0.3 is 12.1 Å². The maximum absolute atomic E-state index is 13.5. The SMILES string of the molecule is CS(=O)(=O)Nc1cccc(C2(C(=O)N[C@H](CN3CC[C@H](N)C3)c3ccccc3)CC2)c1.O=C(O)C(F)(F)F. The molecule has 0 spiro atoms. The smallest absolute Gasteiger partial charge is 0.475 e. The molecule has 1 saturated heterocycles. The van der Waals surface area contributed by atoms with Gasteiger partial charge in [-0.1, -0.05) is 42.5 Å². The van der Waals surface area contributed by atoms with Crippen molar-refractivity contribution in [2.45, 2.75) is 42.9 Å². The minimum Gasteiger partial charge on any atom is -0.475 e. The number of benzene rings is 2. The van der Waals surface area contributed by atoms with E-state index in [1.807, 2.05) is 36.4 Å². The summed E-state index contributed by atoms with van der Waals surface area (Å²) >= 11 is 0. The molecular weight excluding hydrogens is 525 g/mol. The first-order chi connectivity index (χ1) is 17.7. The van der Waals surface area contributed by atoms with Gasteiger partial charge in [0.25, 0.3) is 0 Å². The monoisotopic (exact) mass is 556 g/mol. The van der Waals surface area contributed by atoms with Crippen LogP contribution < -0.4 is 15.8 Å². The Balaban J connectivity index is 0.000000505. The molecule has 38 heavy (non-hydrogen) atoms. The van der Waals surface area contributed by atoms with Crippen LogP contribution in [0, 0.1) is 0 Å². The summed E-state index contributed by atoms with van der Waals surface area (Å²) < 4.78 is 57.4. The van der Waals surface area contributed by atoms with Crippen LogP contribution in [0.15, 0.2) is 54.6 Å². The van der Waals surface area contributed by atoms with Crippen LogP contribution in [0.2, 0.25) is 0 Å². The highest BCUT2D eigenvalue weighted by Crippen LogP contribution is 2.49. The molecule has 1 aliphatic carbocycles. The molecule has 1 heterocycles. The van der Waals surface area contributed by atoms with E-state index in [2.05, 4.69) is 14.9 Å². The fourth-order valence-corrected chi connectivity index (χ4v) is 4.92. The zero-order valence-electron chi connectivity index (χ0n) is 20.7. The highest BCUT2D eigenvalue weighted by atomic mass is 32.2. The fraction of sp³-hybridized carbons (Fsp3) is 0.440. The molecule has 1 amide bonds. The van der Waals surface area contributed by atoms with Crippen molar-refractivity contribution in [3.8, 4) is 0 Å². The Morgan fingerprint density at radius 2 is 1.79 bits per heavy atom. The van der Waals surface area contributed by atoms with E-state index < -0.39 is 27.6 Å². The van der Waals surface area contributed by atoms with Crippen molar-refractivity contribution < 1.29 is 36.3 Å². The van der Waals surface area contributed by atoms with Crippen LogP contribution in [-0.2, 0) is 25.0 Å². The Morgan fingerprint density at radius 1 is 1.16 bits per heavy atom. The summed E-state index contributed by atoms with van der Waals surface area (Å²) in [5.74, 6) is -2.77. The molecule has 1 saturated carbocycles. The molecule has 0 unspecified atom stereocenters. The number of alkyl halides is 3. The number of sulfonamides is 1. The second-order valence-electron chi connectivity index (χ2n) is 9.59. The van der Waals surface area contributed by atoms with Gasteiger partial charge < -0.3 is 16.2 Å². The minimum absolute atomic E-state index is 0.0126. The molecule has 13 heteroatoms. The van der Waals surface area contributed by atoms with Crippen LogP contribution in [0.1, 0.15) is 36.4 Å². The van der Waals surface area contributed by atoms with Crippen molar-refractivity contribution >= 4 is 27.6 Å². The number of hydrogen-bond donors (Lipinski definition) is 4. The summed E-state index contributed by atoms with van der Waals surface area (Å²) in [5, 5.41) is 10.4. The van der Waals surface area contributed by atoms with Crippen LogP contribution in [0.25, 0.3) is 0 Å². The van der Waals surface area contributed by atoms with Crippen LogP contribution in [0.4, 0.5) is 18.9 Å². The Bertz CT molecular complexity index is 1240. The average Bonchev–Trinajstić information content (AvgIpc) is 3.55. The molecule has 1 aliphatic heterocycles. The number of carbonyl (C=O) groups excluding carboxylic acids is 1. The number of likely N-dealkylation sites (tertiary alicyclic amines) is 1. The van der Waals surface area contributed by atoms with Crippen molar-refractivity contribution in [2.24, 2.45) is 5.73 Å². The number of nitrogens with one attached hydrogen (secondary N) is 2. The van der Waals surface area contributed by atoms with Gasteiger partial charge in [-0.25, -0.2) is 13.2 Å². The molecule has 0 aromatic heterocycles. The topological polar surface area (TPSA) is 142 Å². The van der Waals surface area contributed by atoms with Crippen LogP contribution in [-0.4, -0.2) is 68.4 Å². The van der Waals surface area contributed by atoms with E-state index in [0.29, 0.717) is 5.69 Å². The Morgan fingerprint density at radius 3 is 2.29 bits per heavy atom. The molecule has 2 atom stereocenters. The summed E-state index contributed by atoms with van der Waals surface area (Å²) in [7, 11) is -3.38. The van der Waals surface area contributed by atoms with E-state index in [1.54, 1.807) is 18.2 Å². The highest BCUT2D eigenvalue weighted by molar-refractivity contribution is 7.92. The van der Waals surface area contributed by atoms with Gasteiger partial charge in [0.05, 0.1) is 17.7 Å². The predicted octanol–water partition coefficient (Wildman–Crippen LogP) is 2.61. The van der Waals surface area contributed by atoms with E-state index in [-0.39, 0.29) is 18.0 Å². The van der Waals surface area contributed by atoms with Gasteiger partial charge in [-0.2, -0.15) is 13.2 Å². The number of carbonyl (C=O) groups is 2. The van der Waals surface area contributed by atoms with E-state index in [0.717, 1.165) is 56.3 Å². The maximum atomic E-state index is 13.5. The summed E-state index contributed by atoms with van der Waals surface area (Å²) in [6.45, 7) is 2.49. The number of rotatable bonds is 8. The average molecular weight is 557 g/mol. The summed E-state index contributed by atoms with van der Waals surface area (Å²) in [4.78, 5) is 24.7. The van der Waals surface area contributed by atoms with E-state index in [1.165, 1.54) is 0 Å². The number of carboxylic acids is 1. The van der Waals surface area contributed by atoms with Crippen molar-refractivity contribution in [1.29, 1.82) is 0 Å². The summed E-state index contributed by atoms with van der Waals surface area (Å²) in [6, 6.07) is 17.2. The number of amides is 1. The first kappa shape index (κ1) is 29.4. The zero-order valence-corrected chi connectivity index (χ0v) is 21.6. The lowest BCUT2D eigenvalue weighted by Gasteiger charge is -2.27. The van der Waals surface area contributed by atoms with E-state index in [9.17, 15) is 26.4 Å². The van der Waals surface area contributed by atoms with Gasteiger partial charge in [-0.05, 0) is 49.1 Å². The van der Waals surface area contributed by atoms with Gasteiger partial charge in [-0.3, -0.25) is 14.4 Å². The van der Waals surface area contributed by atoms with Crippen molar-refractivity contribution in [3.63, 3.8) is 0 Å². The molecular formula is C25H31F3N4O5S. The second kappa shape index (κ2) is 11.7. The molecule has 9 nitrogen and oxygen atoms in total. The third-order valence-electron chi connectivity index (χ3n) is 6.40. The molecule has 4 rings (SSSR count). The number of carboxylic acid groups (broad SMARTS) is 1. The molecule has 2 aliphatic rings. The van der Waals surface area contributed by atoms with Gasteiger partial charge in [0.1, 0.15) is 0 Å². The third-order valence-corrected chi connectivity index (χ3v) is 7.01. The number of hydrogen-bond acceptors (Lipinski definition) is 6. The lowest BCUT2D eigenvalue weighted by atomic mass is 9.93. The molecule has 2 aromatic rings. The van der Waals surface area contributed by atoms with Crippen molar-refractivity contribution in [2.75, 3.05) is 30.6 Å². The lowest BCUT2D eigenvalue weighted by molar-refractivity contribution is -0.192. The van der Waals surface area contributed by atoms with E-state index in [4.69, 9.17) is 15.6 Å². The number of halogens is 3. The molecule has 0 radical (unpaired) electrons. The Labute approximate surface area is 219 Å². The fourth-order valence-electron chi connectivity index (χ4n) is 4.37. The third kappa shape index (κ3) is 8.17. The molecule has 2 fully saturated rings. The molecule has 208 valence electrons. The Kier molecular flexibility index (Phi) is 9.05. The van der Waals surface area contributed by atoms with Crippen LogP contribution >= 0.6 is 0 Å². The van der Waals surface area contributed by atoms with Crippen LogP contribution in [0.3, 0.4) is 0 Å². The van der Waals surface area contributed by atoms with Gasteiger partial charge in [0.2, 0.25) is 15.9 Å². The van der Waals surface area contributed by atoms with Gasteiger partial charge in [0.15, 0.2) is 0 Å². The largest absolute Gasteiger partial charge is 0.490 e. The van der Waals surface area contributed by atoms with Crippen LogP contribution in [0.5, 0.6) is 0 Å². The first-order valence-corrected chi connectivity index (χ1v) is 13.8. The highest BCUT2D eigenvalue weighted by Gasteiger charge is 2.51. The van der Waals surface area contributed by atoms with Crippen molar-refractivity contribution in [3.05, 3.63) is 65.7 Å². The molecule has 5 N–H and O–H groups in total. The van der Waals surface area contributed by atoms with Gasteiger partial charge in [0, 0.05) is 24.8 Å². The predicted molar refractivity (Wildman–Crippen MR) is 136 cm³/mol. The van der Waals surface area contributed by atoms with Gasteiger partial charge in [-0.15, -0.1) is 0 Å². The summed E-state index contributed by atoms with van der Waals surface area (Å²) in [5.41, 5.74) is 7.86.